The van der Waals surface area contributed by atoms with E-state index < -0.39 is 0 Å². The maximum atomic E-state index is 4.05. The van der Waals surface area contributed by atoms with Crippen LogP contribution in [-0.4, -0.2) is 15.0 Å². The van der Waals surface area contributed by atoms with Gasteiger partial charge in [-0.2, -0.15) is 0 Å². The Hall–Kier alpha value is -2.14. The van der Waals surface area contributed by atoms with E-state index in [4.69, 9.17) is 0 Å². The minimum atomic E-state index is 0.764. The van der Waals surface area contributed by atoms with Gasteiger partial charge in [0.15, 0.2) is 0 Å². The molecule has 0 unspecified atom stereocenters. The van der Waals surface area contributed by atoms with Gasteiger partial charge < -0.3 is 5.32 Å². The Labute approximate surface area is 131 Å². The quantitative estimate of drug-likeness (QED) is 0.780. The maximum absolute atomic E-state index is 4.05. The number of nitrogens with one attached hydrogen (secondary N) is 1. The molecule has 0 amide bonds. The summed E-state index contributed by atoms with van der Waals surface area (Å²) >= 11 is 3.52. The van der Waals surface area contributed by atoms with E-state index in [1.165, 1.54) is 11.1 Å². The standard InChI is InChI=1S/C16H15BrN4/c1-12-10-13(6-7-14(12)17)11-18-15-4-2-3-5-16(15)21-9-8-19-20-21/h2-10,18H,11H2,1H3. The van der Waals surface area contributed by atoms with Gasteiger partial charge in [-0.15, -0.1) is 5.10 Å². The third-order valence-electron chi connectivity index (χ3n) is 3.28. The highest BCUT2D eigenvalue weighted by molar-refractivity contribution is 9.10. The summed E-state index contributed by atoms with van der Waals surface area (Å²) in [5, 5.41) is 11.4. The van der Waals surface area contributed by atoms with Crippen LogP contribution in [0.2, 0.25) is 0 Å². The van der Waals surface area contributed by atoms with Crippen molar-refractivity contribution in [2.45, 2.75) is 13.5 Å². The van der Waals surface area contributed by atoms with Crippen LogP contribution in [0.4, 0.5) is 5.69 Å². The van der Waals surface area contributed by atoms with E-state index >= 15 is 0 Å². The van der Waals surface area contributed by atoms with E-state index in [0.717, 1.165) is 22.4 Å². The van der Waals surface area contributed by atoms with Crippen LogP contribution in [0.3, 0.4) is 0 Å². The number of aryl methyl sites for hydroxylation is 1. The van der Waals surface area contributed by atoms with E-state index in [1.54, 1.807) is 10.9 Å². The summed E-state index contributed by atoms with van der Waals surface area (Å²) in [4.78, 5) is 0. The Balaban J connectivity index is 1.81. The van der Waals surface area contributed by atoms with Crippen LogP contribution in [0.5, 0.6) is 0 Å². The summed E-state index contributed by atoms with van der Waals surface area (Å²) < 4.78 is 2.89. The fourth-order valence-corrected chi connectivity index (χ4v) is 2.42. The monoisotopic (exact) mass is 342 g/mol. The van der Waals surface area contributed by atoms with Crippen molar-refractivity contribution in [3.8, 4) is 5.69 Å². The van der Waals surface area contributed by atoms with Gasteiger partial charge in [0.05, 0.1) is 23.8 Å². The van der Waals surface area contributed by atoms with Crippen molar-refractivity contribution in [1.82, 2.24) is 15.0 Å². The van der Waals surface area contributed by atoms with Crippen LogP contribution in [0, 0.1) is 6.92 Å². The number of halogens is 1. The molecule has 5 heteroatoms. The average molecular weight is 343 g/mol. The third-order valence-corrected chi connectivity index (χ3v) is 4.17. The van der Waals surface area contributed by atoms with E-state index in [2.05, 4.69) is 56.7 Å². The molecule has 3 rings (SSSR count). The Bertz CT molecular complexity index is 738. The molecule has 0 aliphatic rings. The summed E-state index contributed by atoms with van der Waals surface area (Å²) in [7, 11) is 0. The summed E-state index contributed by atoms with van der Waals surface area (Å²) in [6.45, 7) is 2.86. The van der Waals surface area contributed by atoms with Crippen LogP contribution < -0.4 is 5.32 Å². The summed E-state index contributed by atoms with van der Waals surface area (Å²) in [5.41, 5.74) is 4.50. The van der Waals surface area contributed by atoms with Gasteiger partial charge in [0.1, 0.15) is 0 Å². The molecule has 0 atom stereocenters. The first-order valence-corrected chi connectivity index (χ1v) is 7.48. The van der Waals surface area contributed by atoms with Crippen molar-refractivity contribution in [3.05, 3.63) is 70.5 Å². The molecule has 0 aliphatic carbocycles. The van der Waals surface area contributed by atoms with E-state index in [0.29, 0.717) is 0 Å². The Morgan fingerprint density at radius 2 is 2.05 bits per heavy atom. The first kappa shape index (κ1) is 13.8. The van der Waals surface area contributed by atoms with Crippen molar-refractivity contribution in [3.63, 3.8) is 0 Å². The zero-order chi connectivity index (χ0) is 14.7. The predicted octanol–water partition coefficient (Wildman–Crippen LogP) is 3.95. The van der Waals surface area contributed by atoms with Gasteiger partial charge in [0.25, 0.3) is 0 Å². The molecular weight excluding hydrogens is 328 g/mol. The first-order chi connectivity index (χ1) is 10.2. The smallest absolute Gasteiger partial charge is 0.0894 e. The highest BCUT2D eigenvalue weighted by Crippen LogP contribution is 2.21. The summed E-state index contributed by atoms with van der Waals surface area (Å²) in [6.07, 6.45) is 3.51. The minimum absolute atomic E-state index is 0.764. The van der Waals surface area contributed by atoms with Crippen LogP contribution >= 0.6 is 15.9 Å². The van der Waals surface area contributed by atoms with Crippen molar-refractivity contribution in [2.75, 3.05) is 5.32 Å². The lowest BCUT2D eigenvalue weighted by atomic mass is 10.1. The van der Waals surface area contributed by atoms with Crippen LogP contribution in [0.25, 0.3) is 5.69 Å². The molecule has 0 radical (unpaired) electrons. The van der Waals surface area contributed by atoms with Crippen molar-refractivity contribution in [1.29, 1.82) is 0 Å². The lowest BCUT2D eigenvalue weighted by Crippen LogP contribution is -2.05. The second kappa shape index (κ2) is 6.10. The second-order valence-corrected chi connectivity index (χ2v) is 5.66. The zero-order valence-corrected chi connectivity index (χ0v) is 13.2. The molecule has 1 aromatic heterocycles. The van der Waals surface area contributed by atoms with Crippen LogP contribution in [-0.2, 0) is 6.54 Å². The van der Waals surface area contributed by atoms with Gasteiger partial charge in [-0.1, -0.05) is 45.4 Å². The van der Waals surface area contributed by atoms with Gasteiger partial charge in [0.2, 0.25) is 0 Å². The minimum Gasteiger partial charge on any atom is -0.379 e. The van der Waals surface area contributed by atoms with Crippen molar-refractivity contribution < 1.29 is 0 Å². The molecule has 1 N–H and O–H groups in total. The third kappa shape index (κ3) is 3.13. The molecule has 0 fully saturated rings. The fourth-order valence-electron chi connectivity index (χ4n) is 2.17. The van der Waals surface area contributed by atoms with Gasteiger partial charge in [0, 0.05) is 11.0 Å². The van der Waals surface area contributed by atoms with E-state index in [-0.39, 0.29) is 0 Å². The van der Waals surface area contributed by atoms with Crippen LogP contribution in [0.1, 0.15) is 11.1 Å². The first-order valence-electron chi connectivity index (χ1n) is 6.68. The average Bonchev–Trinajstić information content (AvgIpc) is 3.03. The Kier molecular flexibility index (Phi) is 4.01. The molecule has 3 aromatic rings. The number of rotatable bonds is 4. The molecule has 0 saturated carbocycles. The van der Waals surface area contributed by atoms with Crippen molar-refractivity contribution in [2.24, 2.45) is 0 Å². The number of hydrogen-bond acceptors (Lipinski definition) is 3. The normalized spacial score (nSPS) is 10.6. The van der Waals surface area contributed by atoms with Gasteiger partial charge in [-0.3, -0.25) is 0 Å². The molecule has 2 aromatic carbocycles. The Morgan fingerprint density at radius 1 is 1.19 bits per heavy atom. The molecule has 106 valence electrons. The zero-order valence-electron chi connectivity index (χ0n) is 11.6. The molecule has 4 nitrogen and oxygen atoms in total. The fraction of sp³-hybridized carbons (Fsp3) is 0.125. The summed E-state index contributed by atoms with van der Waals surface area (Å²) in [5.74, 6) is 0. The van der Waals surface area contributed by atoms with E-state index in [9.17, 15) is 0 Å². The summed E-state index contributed by atoms with van der Waals surface area (Å²) in [6, 6.07) is 14.4. The highest BCUT2D eigenvalue weighted by Gasteiger charge is 2.04. The topological polar surface area (TPSA) is 42.7 Å². The highest BCUT2D eigenvalue weighted by atomic mass is 79.9. The Morgan fingerprint density at radius 3 is 2.81 bits per heavy atom. The molecule has 0 spiro atoms. The maximum Gasteiger partial charge on any atom is 0.0894 e. The lowest BCUT2D eigenvalue weighted by Gasteiger charge is -2.12. The van der Waals surface area contributed by atoms with Gasteiger partial charge in [-0.05, 0) is 36.2 Å². The van der Waals surface area contributed by atoms with Gasteiger partial charge in [-0.25, -0.2) is 4.68 Å². The molecular formula is C16H15BrN4. The SMILES string of the molecule is Cc1cc(CNc2ccccc2-n2ccnn2)ccc1Br. The largest absolute Gasteiger partial charge is 0.379 e. The lowest BCUT2D eigenvalue weighted by molar-refractivity contribution is 0.803. The number of anilines is 1. The molecule has 0 bridgehead atoms. The van der Waals surface area contributed by atoms with Gasteiger partial charge >= 0.3 is 0 Å². The molecule has 21 heavy (non-hydrogen) atoms. The number of aromatic nitrogens is 3. The van der Waals surface area contributed by atoms with Crippen molar-refractivity contribution >= 4 is 21.6 Å². The molecule has 0 saturated heterocycles. The number of hydrogen-bond donors (Lipinski definition) is 1. The molecule has 1 heterocycles. The number of para-hydroxylation sites is 2. The predicted molar refractivity (Wildman–Crippen MR) is 87.6 cm³/mol. The number of nitrogens with zero attached hydrogens (tertiary/aromatic N) is 3. The van der Waals surface area contributed by atoms with Crippen LogP contribution in [0.15, 0.2) is 59.3 Å². The number of benzene rings is 2. The molecule has 0 aliphatic heterocycles. The van der Waals surface area contributed by atoms with E-state index in [1.807, 2.05) is 30.5 Å². The second-order valence-electron chi connectivity index (χ2n) is 4.80.